The molecule has 3 aromatic rings. The zero-order chi connectivity index (χ0) is 24.6. The molecular formula is C26H28FN5O3. The summed E-state index contributed by atoms with van der Waals surface area (Å²) in [6.07, 6.45) is 2.30. The average molecular weight is 478 g/mol. The molecule has 0 spiro atoms. The fraction of sp³-hybridized carbons (Fsp3) is 0.269. The third kappa shape index (κ3) is 6.26. The van der Waals surface area contributed by atoms with E-state index in [1.54, 1.807) is 30.3 Å². The van der Waals surface area contributed by atoms with Gasteiger partial charge in [0.25, 0.3) is 5.91 Å². The van der Waals surface area contributed by atoms with Gasteiger partial charge < -0.3 is 25.2 Å². The summed E-state index contributed by atoms with van der Waals surface area (Å²) in [4.78, 5) is 33.1. The molecular weight excluding hydrogens is 449 g/mol. The molecule has 2 heterocycles. The highest BCUT2D eigenvalue weighted by Gasteiger charge is 2.21. The van der Waals surface area contributed by atoms with Crippen LogP contribution in [0.5, 0.6) is 5.75 Å². The molecule has 3 amide bonds. The number of amides is 3. The summed E-state index contributed by atoms with van der Waals surface area (Å²) in [6, 6.07) is 17.1. The zero-order valence-electron chi connectivity index (χ0n) is 19.5. The maximum absolute atomic E-state index is 13.8. The first-order valence-corrected chi connectivity index (χ1v) is 11.5. The van der Waals surface area contributed by atoms with Gasteiger partial charge >= 0.3 is 6.03 Å². The monoisotopic (exact) mass is 477 g/mol. The van der Waals surface area contributed by atoms with Crippen molar-refractivity contribution >= 4 is 23.4 Å². The molecule has 1 saturated heterocycles. The first kappa shape index (κ1) is 24.0. The smallest absolute Gasteiger partial charge is 0.317 e. The van der Waals surface area contributed by atoms with Crippen LogP contribution < -0.4 is 20.3 Å². The van der Waals surface area contributed by atoms with Gasteiger partial charge in [-0.3, -0.25) is 4.79 Å². The van der Waals surface area contributed by atoms with E-state index in [1.807, 2.05) is 30.3 Å². The average Bonchev–Trinajstić information content (AvgIpc) is 2.90. The molecule has 1 aliphatic rings. The predicted octanol–water partition coefficient (Wildman–Crippen LogP) is 3.56. The Morgan fingerprint density at radius 2 is 1.74 bits per heavy atom. The van der Waals surface area contributed by atoms with Gasteiger partial charge in [-0.25, -0.2) is 14.2 Å². The Hall–Kier alpha value is -4.14. The number of carbonyl (C=O) groups excluding carboxylic acids is 2. The van der Waals surface area contributed by atoms with Crippen LogP contribution in [-0.4, -0.2) is 61.7 Å². The number of hydrogen-bond donors (Lipinski definition) is 2. The number of pyridine rings is 1. The van der Waals surface area contributed by atoms with Crippen LogP contribution in [0.2, 0.25) is 0 Å². The van der Waals surface area contributed by atoms with Crippen molar-refractivity contribution in [1.29, 1.82) is 0 Å². The van der Waals surface area contributed by atoms with Crippen molar-refractivity contribution < 1.29 is 18.7 Å². The Kier molecular flexibility index (Phi) is 7.77. The lowest BCUT2D eigenvalue weighted by molar-refractivity contribution is 0.102. The summed E-state index contributed by atoms with van der Waals surface area (Å²) in [5.41, 5.74) is 1.60. The number of nitrogens with one attached hydrogen (secondary N) is 2. The molecule has 2 aromatic carbocycles. The van der Waals surface area contributed by atoms with Crippen LogP contribution in [0.1, 0.15) is 15.9 Å². The Balaban J connectivity index is 1.21. The van der Waals surface area contributed by atoms with E-state index in [9.17, 15) is 14.0 Å². The summed E-state index contributed by atoms with van der Waals surface area (Å²) in [7, 11) is 1.63. The third-order valence-electron chi connectivity index (χ3n) is 5.86. The molecule has 0 atom stereocenters. The Morgan fingerprint density at radius 3 is 2.40 bits per heavy atom. The number of urea groups is 1. The Morgan fingerprint density at radius 1 is 1.00 bits per heavy atom. The van der Waals surface area contributed by atoms with E-state index in [0.29, 0.717) is 38.4 Å². The Labute approximate surface area is 203 Å². The first-order valence-electron chi connectivity index (χ1n) is 11.5. The predicted molar refractivity (Wildman–Crippen MR) is 132 cm³/mol. The quantitative estimate of drug-likeness (QED) is 0.544. The highest BCUT2D eigenvalue weighted by Crippen LogP contribution is 2.18. The van der Waals surface area contributed by atoms with Gasteiger partial charge in [0.2, 0.25) is 0 Å². The standard InChI is InChI=1S/C26H28FN5O3/c1-35-21-9-6-19(7-10-21)12-13-28-26(34)32-16-14-31(15-17-32)24-11-8-20(18-29-24)30-25(33)22-4-2-3-5-23(22)27/h2-11,18H,12-17H2,1H3,(H,28,34)(H,30,33). The lowest BCUT2D eigenvalue weighted by Crippen LogP contribution is -2.52. The van der Waals surface area contributed by atoms with Crippen LogP contribution in [0.15, 0.2) is 66.9 Å². The fourth-order valence-corrected chi connectivity index (χ4v) is 3.85. The van der Waals surface area contributed by atoms with Gasteiger partial charge in [0.05, 0.1) is 24.6 Å². The molecule has 0 radical (unpaired) electrons. The number of nitrogens with zero attached hydrogens (tertiary/aromatic N) is 3. The largest absolute Gasteiger partial charge is 0.497 e. The second-order valence-electron chi connectivity index (χ2n) is 8.14. The highest BCUT2D eigenvalue weighted by molar-refractivity contribution is 6.04. The van der Waals surface area contributed by atoms with E-state index in [1.165, 1.54) is 18.2 Å². The van der Waals surface area contributed by atoms with Crippen molar-refractivity contribution in [3.05, 3.63) is 83.8 Å². The molecule has 0 aliphatic carbocycles. The van der Waals surface area contributed by atoms with Crippen molar-refractivity contribution in [3.63, 3.8) is 0 Å². The summed E-state index contributed by atoms with van der Waals surface area (Å²) in [5.74, 6) is 0.474. The zero-order valence-corrected chi connectivity index (χ0v) is 19.5. The third-order valence-corrected chi connectivity index (χ3v) is 5.86. The molecule has 9 heteroatoms. The minimum absolute atomic E-state index is 0.0185. The van der Waals surface area contributed by atoms with Crippen LogP contribution in [-0.2, 0) is 6.42 Å². The first-order chi connectivity index (χ1) is 17.0. The molecule has 8 nitrogen and oxygen atoms in total. The second kappa shape index (κ2) is 11.3. The van der Waals surface area contributed by atoms with E-state index in [0.717, 1.165) is 23.6 Å². The van der Waals surface area contributed by atoms with Gasteiger partial charge in [-0.1, -0.05) is 24.3 Å². The molecule has 2 N–H and O–H groups in total. The van der Waals surface area contributed by atoms with Gasteiger partial charge in [0.1, 0.15) is 17.4 Å². The number of aromatic nitrogens is 1. The molecule has 182 valence electrons. The molecule has 1 fully saturated rings. The summed E-state index contributed by atoms with van der Waals surface area (Å²) >= 11 is 0. The van der Waals surface area contributed by atoms with Crippen molar-refractivity contribution in [2.45, 2.75) is 6.42 Å². The number of benzene rings is 2. The lowest BCUT2D eigenvalue weighted by Gasteiger charge is -2.35. The van der Waals surface area contributed by atoms with Gasteiger partial charge in [0, 0.05) is 32.7 Å². The van der Waals surface area contributed by atoms with E-state index in [2.05, 4.69) is 20.5 Å². The van der Waals surface area contributed by atoms with Crippen LogP contribution >= 0.6 is 0 Å². The molecule has 35 heavy (non-hydrogen) atoms. The van der Waals surface area contributed by atoms with Crippen molar-refractivity contribution in [2.24, 2.45) is 0 Å². The summed E-state index contributed by atoms with van der Waals surface area (Å²) in [6.45, 7) is 3.04. The summed E-state index contributed by atoms with van der Waals surface area (Å²) < 4.78 is 18.9. The van der Waals surface area contributed by atoms with Crippen LogP contribution in [0.3, 0.4) is 0 Å². The highest BCUT2D eigenvalue weighted by atomic mass is 19.1. The van der Waals surface area contributed by atoms with Crippen LogP contribution in [0, 0.1) is 5.82 Å². The van der Waals surface area contributed by atoms with E-state index < -0.39 is 11.7 Å². The number of rotatable bonds is 7. The Bertz CT molecular complexity index is 1150. The molecule has 1 aromatic heterocycles. The van der Waals surface area contributed by atoms with E-state index >= 15 is 0 Å². The van der Waals surface area contributed by atoms with E-state index in [-0.39, 0.29) is 11.6 Å². The van der Waals surface area contributed by atoms with Crippen LogP contribution in [0.4, 0.5) is 20.7 Å². The molecule has 4 rings (SSSR count). The van der Waals surface area contributed by atoms with Gasteiger partial charge in [-0.2, -0.15) is 0 Å². The maximum atomic E-state index is 13.8. The molecule has 0 saturated carbocycles. The lowest BCUT2D eigenvalue weighted by atomic mass is 10.1. The second-order valence-corrected chi connectivity index (χ2v) is 8.14. The van der Waals surface area contributed by atoms with Crippen molar-refractivity contribution in [3.8, 4) is 5.75 Å². The SMILES string of the molecule is COc1ccc(CCNC(=O)N2CCN(c3ccc(NC(=O)c4ccccc4F)cn3)CC2)cc1. The fourth-order valence-electron chi connectivity index (χ4n) is 3.85. The summed E-state index contributed by atoms with van der Waals surface area (Å²) in [5, 5.41) is 5.64. The van der Waals surface area contributed by atoms with E-state index in [4.69, 9.17) is 4.74 Å². The number of anilines is 2. The van der Waals surface area contributed by atoms with Crippen molar-refractivity contribution in [1.82, 2.24) is 15.2 Å². The molecule has 0 bridgehead atoms. The van der Waals surface area contributed by atoms with Gasteiger partial charge in [-0.05, 0) is 48.4 Å². The number of halogens is 1. The topological polar surface area (TPSA) is 86.8 Å². The van der Waals surface area contributed by atoms with Gasteiger partial charge in [0.15, 0.2) is 0 Å². The number of hydrogen-bond acceptors (Lipinski definition) is 5. The van der Waals surface area contributed by atoms with Crippen molar-refractivity contribution in [2.75, 3.05) is 50.1 Å². The van der Waals surface area contributed by atoms with Gasteiger partial charge in [-0.15, -0.1) is 0 Å². The minimum Gasteiger partial charge on any atom is -0.497 e. The number of piperazine rings is 1. The molecule has 1 aliphatic heterocycles. The minimum atomic E-state index is -0.572. The molecule has 0 unspecified atom stereocenters. The normalized spacial score (nSPS) is 13.3. The number of ether oxygens (including phenoxy) is 1. The van der Waals surface area contributed by atoms with Crippen LogP contribution in [0.25, 0.3) is 0 Å². The number of carbonyl (C=O) groups is 2. The number of methoxy groups -OCH3 is 1. The maximum Gasteiger partial charge on any atom is 0.317 e.